The first-order chi connectivity index (χ1) is 14.7. The summed E-state index contributed by atoms with van der Waals surface area (Å²) in [6, 6.07) is 19.6. The van der Waals surface area contributed by atoms with Gasteiger partial charge in [-0.05, 0) is 42.3 Å². The number of hydrogen-bond acceptors (Lipinski definition) is 7. The van der Waals surface area contributed by atoms with E-state index in [1.165, 1.54) is 11.3 Å². The fraction of sp³-hybridized carbons (Fsp3) is 0.174. The molecule has 1 aromatic carbocycles. The topological polar surface area (TPSA) is 86.0 Å². The van der Waals surface area contributed by atoms with Crippen LogP contribution in [0.5, 0.6) is 0 Å². The number of nitrogens with zero attached hydrogens (tertiary/aromatic N) is 3. The van der Waals surface area contributed by atoms with Gasteiger partial charge in [0.15, 0.2) is 0 Å². The monoisotopic (exact) mass is 417 g/mol. The van der Waals surface area contributed by atoms with Gasteiger partial charge in [0.05, 0.1) is 29.8 Å². The molecule has 0 spiro atoms. The Hall–Kier alpha value is -3.13. The van der Waals surface area contributed by atoms with Crippen molar-refractivity contribution in [2.75, 3.05) is 11.9 Å². The molecule has 7 heteroatoms. The van der Waals surface area contributed by atoms with Crippen molar-refractivity contribution in [1.82, 2.24) is 15.0 Å². The van der Waals surface area contributed by atoms with Crippen LogP contribution in [-0.2, 0) is 11.3 Å². The van der Waals surface area contributed by atoms with E-state index >= 15 is 0 Å². The number of anilines is 2. The van der Waals surface area contributed by atoms with Gasteiger partial charge in [-0.3, -0.25) is 0 Å². The number of nitrogens with one attached hydrogen (secondary N) is 1. The molecule has 0 aliphatic heterocycles. The van der Waals surface area contributed by atoms with Gasteiger partial charge in [-0.25, -0.2) is 15.0 Å². The van der Waals surface area contributed by atoms with Crippen molar-refractivity contribution in [3.8, 4) is 10.6 Å². The van der Waals surface area contributed by atoms with Crippen LogP contribution >= 0.6 is 11.3 Å². The average molecular weight is 418 g/mol. The fourth-order valence-corrected chi connectivity index (χ4v) is 3.78. The molecular weight excluding hydrogens is 394 g/mol. The van der Waals surface area contributed by atoms with Crippen molar-refractivity contribution >= 4 is 23.0 Å². The number of nitrogens with two attached hydrogens (primary N) is 1. The Kier molecular flexibility index (Phi) is 6.44. The van der Waals surface area contributed by atoms with E-state index in [4.69, 9.17) is 10.5 Å². The third-order valence-corrected chi connectivity index (χ3v) is 5.57. The van der Waals surface area contributed by atoms with Gasteiger partial charge >= 0.3 is 0 Å². The maximum atomic E-state index is 6.28. The quantitative estimate of drug-likeness (QED) is 0.425. The Labute approximate surface area is 179 Å². The lowest BCUT2D eigenvalue weighted by Crippen LogP contribution is -2.16. The second kappa shape index (κ2) is 9.58. The van der Waals surface area contributed by atoms with Gasteiger partial charge < -0.3 is 15.8 Å². The molecule has 6 nitrogen and oxygen atoms in total. The number of pyridine rings is 2. The van der Waals surface area contributed by atoms with Crippen LogP contribution in [0.4, 0.5) is 11.6 Å². The summed E-state index contributed by atoms with van der Waals surface area (Å²) in [5.74, 6) is 1.50. The molecule has 1 atom stereocenters. The molecule has 0 saturated heterocycles. The van der Waals surface area contributed by atoms with Crippen molar-refractivity contribution in [2.45, 2.75) is 19.6 Å². The highest BCUT2D eigenvalue weighted by atomic mass is 32.1. The highest BCUT2D eigenvalue weighted by molar-refractivity contribution is 7.15. The molecule has 0 saturated carbocycles. The largest absolute Gasteiger partial charge is 0.375 e. The third kappa shape index (κ3) is 5.27. The van der Waals surface area contributed by atoms with E-state index in [0.717, 1.165) is 38.3 Å². The van der Waals surface area contributed by atoms with E-state index in [2.05, 4.69) is 20.3 Å². The summed E-state index contributed by atoms with van der Waals surface area (Å²) in [6.07, 6.45) is 3.59. The Morgan fingerprint density at radius 1 is 1.03 bits per heavy atom. The van der Waals surface area contributed by atoms with Gasteiger partial charge in [-0.2, -0.15) is 0 Å². The van der Waals surface area contributed by atoms with Gasteiger partial charge in [0, 0.05) is 12.4 Å². The minimum absolute atomic E-state index is 0.273. The van der Waals surface area contributed by atoms with Gasteiger partial charge in [0.25, 0.3) is 0 Å². The first-order valence-corrected chi connectivity index (χ1v) is 10.5. The van der Waals surface area contributed by atoms with E-state index in [0.29, 0.717) is 13.2 Å². The van der Waals surface area contributed by atoms with Crippen LogP contribution in [0.25, 0.3) is 10.6 Å². The lowest BCUT2D eigenvalue weighted by Gasteiger charge is -2.09. The van der Waals surface area contributed by atoms with Crippen molar-refractivity contribution < 1.29 is 4.74 Å². The minimum Gasteiger partial charge on any atom is -0.375 e. The predicted molar refractivity (Wildman–Crippen MR) is 121 cm³/mol. The molecule has 152 valence electrons. The van der Waals surface area contributed by atoms with Gasteiger partial charge in [-0.15, -0.1) is 11.3 Å². The molecule has 30 heavy (non-hydrogen) atoms. The number of aromatic nitrogens is 3. The zero-order chi connectivity index (χ0) is 20.8. The Morgan fingerprint density at radius 3 is 2.73 bits per heavy atom. The maximum Gasteiger partial charge on any atom is 0.132 e. The zero-order valence-corrected chi connectivity index (χ0v) is 17.5. The summed E-state index contributed by atoms with van der Waals surface area (Å²) in [6.45, 7) is 2.98. The molecule has 3 aromatic heterocycles. The second-order valence-electron chi connectivity index (χ2n) is 6.92. The smallest absolute Gasteiger partial charge is 0.132 e. The average Bonchev–Trinajstić information content (AvgIpc) is 3.25. The molecule has 4 rings (SSSR count). The van der Waals surface area contributed by atoms with E-state index < -0.39 is 0 Å². The highest BCUT2D eigenvalue weighted by Crippen LogP contribution is 2.28. The highest BCUT2D eigenvalue weighted by Gasteiger charge is 2.13. The lowest BCUT2D eigenvalue weighted by molar-refractivity contribution is 0.108. The molecule has 0 aliphatic rings. The molecule has 0 fully saturated rings. The number of ether oxygens (including phenoxy) is 1. The molecule has 4 aromatic rings. The number of rotatable bonds is 8. The summed E-state index contributed by atoms with van der Waals surface area (Å²) in [5.41, 5.74) is 9.38. The first-order valence-electron chi connectivity index (χ1n) is 9.67. The minimum atomic E-state index is -0.273. The summed E-state index contributed by atoms with van der Waals surface area (Å²) >= 11 is 1.54. The van der Waals surface area contributed by atoms with Crippen LogP contribution in [0.15, 0.2) is 73.1 Å². The lowest BCUT2D eigenvalue weighted by atomic mass is 10.2. The molecule has 3 N–H and O–H groups in total. The second-order valence-corrected chi connectivity index (χ2v) is 7.98. The molecule has 0 amide bonds. The summed E-state index contributed by atoms with van der Waals surface area (Å²) in [5, 5.41) is 4.08. The predicted octanol–water partition coefficient (Wildman–Crippen LogP) is 4.87. The Balaban J connectivity index is 1.39. The van der Waals surface area contributed by atoms with E-state index in [1.54, 1.807) is 6.20 Å². The van der Waals surface area contributed by atoms with Crippen molar-refractivity contribution in [3.05, 3.63) is 89.2 Å². The SMILES string of the molecule is Cc1ccnc(Nc2cccc(-c3cnc([C@@H](N)COCc4ccccc4)s3)n2)c1. The van der Waals surface area contributed by atoms with E-state index in [-0.39, 0.29) is 6.04 Å². The molecule has 0 unspecified atom stereocenters. The van der Waals surface area contributed by atoms with Crippen molar-refractivity contribution in [2.24, 2.45) is 5.73 Å². The summed E-state index contributed by atoms with van der Waals surface area (Å²) in [4.78, 5) is 14.5. The maximum absolute atomic E-state index is 6.28. The number of aryl methyl sites for hydroxylation is 1. The first kappa shape index (κ1) is 20.2. The van der Waals surface area contributed by atoms with E-state index in [9.17, 15) is 0 Å². The third-order valence-electron chi connectivity index (χ3n) is 4.42. The number of hydrogen-bond donors (Lipinski definition) is 2. The Morgan fingerprint density at radius 2 is 1.90 bits per heavy atom. The van der Waals surface area contributed by atoms with Crippen LogP contribution in [-0.4, -0.2) is 21.6 Å². The van der Waals surface area contributed by atoms with Gasteiger partial charge in [0.1, 0.15) is 16.6 Å². The normalized spacial score (nSPS) is 11.9. The fourth-order valence-electron chi connectivity index (χ4n) is 2.90. The molecule has 0 aliphatic carbocycles. The van der Waals surface area contributed by atoms with Crippen LogP contribution < -0.4 is 11.1 Å². The number of benzene rings is 1. The van der Waals surface area contributed by atoms with Crippen molar-refractivity contribution in [3.63, 3.8) is 0 Å². The van der Waals surface area contributed by atoms with Crippen LogP contribution in [0.3, 0.4) is 0 Å². The van der Waals surface area contributed by atoms with Crippen LogP contribution in [0.2, 0.25) is 0 Å². The van der Waals surface area contributed by atoms with E-state index in [1.807, 2.05) is 73.8 Å². The Bertz CT molecular complexity index is 1100. The van der Waals surface area contributed by atoms with Crippen LogP contribution in [0, 0.1) is 6.92 Å². The summed E-state index contributed by atoms with van der Waals surface area (Å²) in [7, 11) is 0. The molecular formula is C23H23N5OS. The molecule has 0 bridgehead atoms. The van der Waals surface area contributed by atoms with Gasteiger partial charge in [-0.1, -0.05) is 36.4 Å². The standard InChI is InChI=1S/C23H23N5OS/c1-16-10-11-25-22(12-16)28-21-9-5-8-19(27-21)20-13-26-23(30-20)18(24)15-29-14-17-6-3-2-4-7-17/h2-13,18H,14-15,24H2,1H3,(H,25,27,28)/t18-/m0/s1. The van der Waals surface area contributed by atoms with Crippen LogP contribution in [0.1, 0.15) is 22.2 Å². The van der Waals surface area contributed by atoms with Gasteiger partial charge in [0.2, 0.25) is 0 Å². The molecule has 3 heterocycles. The van der Waals surface area contributed by atoms with Crippen molar-refractivity contribution in [1.29, 1.82) is 0 Å². The number of thiazole rings is 1. The summed E-state index contributed by atoms with van der Waals surface area (Å²) < 4.78 is 5.76. The molecule has 0 radical (unpaired) electrons. The zero-order valence-electron chi connectivity index (χ0n) is 16.7.